The van der Waals surface area contributed by atoms with E-state index in [0.29, 0.717) is 6.04 Å². The minimum atomic E-state index is 0.688. The zero-order valence-corrected chi connectivity index (χ0v) is 11.6. The fourth-order valence-electron chi connectivity index (χ4n) is 2.98. The molecular weight excluding hydrogens is 220 g/mol. The van der Waals surface area contributed by atoms with Gasteiger partial charge in [0, 0.05) is 42.1 Å². The van der Waals surface area contributed by atoms with Gasteiger partial charge in [-0.25, -0.2) is 0 Å². The molecule has 1 aromatic heterocycles. The molecule has 2 heteroatoms. The van der Waals surface area contributed by atoms with Crippen LogP contribution < -0.4 is 0 Å². The molecule has 1 atom stereocenters. The molecule has 2 nitrogen and oxygen atoms in total. The largest absolute Gasteiger partial charge is 0.358 e. The summed E-state index contributed by atoms with van der Waals surface area (Å²) in [6.07, 6.45) is 2.39. The first-order valence-electron chi connectivity index (χ1n) is 7.03. The van der Waals surface area contributed by atoms with Crippen LogP contribution in [0.1, 0.15) is 37.1 Å². The monoisotopic (exact) mass is 242 g/mol. The van der Waals surface area contributed by atoms with Gasteiger partial charge in [-0.1, -0.05) is 18.6 Å². The van der Waals surface area contributed by atoms with Crippen LogP contribution >= 0.6 is 0 Å². The average Bonchev–Trinajstić information content (AvgIpc) is 2.75. The molecule has 0 amide bonds. The summed E-state index contributed by atoms with van der Waals surface area (Å²) in [5, 5.41) is 1.43. The van der Waals surface area contributed by atoms with Crippen molar-refractivity contribution in [1.82, 2.24) is 9.88 Å². The molecule has 18 heavy (non-hydrogen) atoms. The Morgan fingerprint density at radius 2 is 2.22 bits per heavy atom. The second kappa shape index (κ2) is 4.43. The van der Waals surface area contributed by atoms with Gasteiger partial charge < -0.3 is 4.98 Å². The lowest BCUT2D eigenvalue weighted by atomic mass is 10.0. The molecule has 0 aliphatic carbocycles. The maximum absolute atomic E-state index is 3.59. The van der Waals surface area contributed by atoms with E-state index in [9.17, 15) is 0 Å². The molecule has 3 rings (SSSR count). The molecule has 1 unspecified atom stereocenters. The van der Waals surface area contributed by atoms with Crippen molar-refractivity contribution in [3.05, 3.63) is 35.0 Å². The number of H-pyrrole nitrogens is 1. The number of aromatic nitrogens is 1. The Kier molecular flexibility index (Phi) is 2.90. The Morgan fingerprint density at radius 3 is 3.00 bits per heavy atom. The molecule has 96 valence electrons. The smallest absolute Gasteiger partial charge is 0.0459 e. The first kappa shape index (κ1) is 11.8. The van der Waals surface area contributed by atoms with Crippen LogP contribution in [0.4, 0.5) is 0 Å². The Labute approximate surface area is 109 Å². The fraction of sp³-hybridized carbons (Fsp3) is 0.500. The first-order valence-corrected chi connectivity index (χ1v) is 7.03. The van der Waals surface area contributed by atoms with E-state index in [-0.39, 0.29) is 0 Å². The quantitative estimate of drug-likeness (QED) is 0.852. The molecule has 0 bridgehead atoms. The number of fused-ring (bicyclic) bond motifs is 3. The van der Waals surface area contributed by atoms with E-state index in [1.54, 1.807) is 0 Å². The molecule has 2 aromatic rings. The normalized spacial score (nSPS) is 17.9. The van der Waals surface area contributed by atoms with Crippen molar-refractivity contribution < 1.29 is 0 Å². The Hall–Kier alpha value is -1.28. The lowest BCUT2D eigenvalue weighted by molar-refractivity contribution is 0.186. The first-order chi connectivity index (χ1) is 8.69. The summed E-state index contributed by atoms with van der Waals surface area (Å²) in [6.45, 7) is 9.08. The summed E-state index contributed by atoms with van der Waals surface area (Å²) in [6, 6.07) is 7.42. The molecule has 1 aromatic carbocycles. The SMILES string of the molecule is CCC(C)N1CCc2[nH]c3ccc(C)cc3c2C1. The van der Waals surface area contributed by atoms with E-state index in [4.69, 9.17) is 0 Å². The van der Waals surface area contributed by atoms with E-state index < -0.39 is 0 Å². The standard InChI is InChI=1S/C16H22N2/c1-4-12(3)18-8-7-16-14(10-18)13-9-11(2)5-6-15(13)17-16/h5-6,9,12,17H,4,7-8,10H2,1-3H3. The summed E-state index contributed by atoms with van der Waals surface area (Å²) in [5.41, 5.74) is 5.64. The summed E-state index contributed by atoms with van der Waals surface area (Å²) < 4.78 is 0. The van der Waals surface area contributed by atoms with Gasteiger partial charge in [0.2, 0.25) is 0 Å². The average molecular weight is 242 g/mol. The highest BCUT2D eigenvalue weighted by molar-refractivity contribution is 5.85. The van der Waals surface area contributed by atoms with Crippen LogP contribution in [-0.2, 0) is 13.0 Å². The summed E-state index contributed by atoms with van der Waals surface area (Å²) in [5.74, 6) is 0. The number of hydrogen-bond acceptors (Lipinski definition) is 1. The number of aryl methyl sites for hydroxylation is 1. The third kappa shape index (κ3) is 1.85. The highest BCUT2D eigenvalue weighted by atomic mass is 15.2. The molecule has 0 saturated carbocycles. The minimum Gasteiger partial charge on any atom is -0.358 e. The van der Waals surface area contributed by atoms with Gasteiger partial charge in [0.1, 0.15) is 0 Å². The third-order valence-corrected chi connectivity index (χ3v) is 4.37. The van der Waals surface area contributed by atoms with E-state index in [2.05, 4.69) is 48.9 Å². The number of benzene rings is 1. The van der Waals surface area contributed by atoms with Crippen molar-refractivity contribution in [1.29, 1.82) is 0 Å². The number of nitrogens with one attached hydrogen (secondary N) is 1. The number of nitrogens with zero attached hydrogens (tertiary/aromatic N) is 1. The van der Waals surface area contributed by atoms with Crippen molar-refractivity contribution in [3.8, 4) is 0 Å². The maximum Gasteiger partial charge on any atom is 0.0459 e. The van der Waals surface area contributed by atoms with Gasteiger partial charge in [-0.15, -0.1) is 0 Å². The zero-order valence-electron chi connectivity index (χ0n) is 11.6. The van der Waals surface area contributed by atoms with Crippen LogP contribution in [0.2, 0.25) is 0 Å². The molecule has 0 fully saturated rings. The van der Waals surface area contributed by atoms with Gasteiger partial charge in [-0.05, 0) is 38.0 Å². The third-order valence-electron chi connectivity index (χ3n) is 4.37. The zero-order chi connectivity index (χ0) is 12.7. The Bertz CT molecular complexity index is 568. The van der Waals surface area contributed by atoms with Crippen LogP contribution in [0.3, 0.4) is 0 Å². The van der Waals surface area contributed by atoms with Crippen molar-refractivity contribution in [2.24, 2.45) is 0 Å². The van der Waals surface area contributed by atoms with Gasteiger partial charge in [0.15, 0.2) is 0 Å². The summed E-state index contributed by atoms with van der Waals surface area (Å²) >= 11 is 0. The number of rotatable bonds is 2. The Balaban J connectivity index is 2.03. The van der Waals surface area contributed by atoms with Gasteiger partial charge in [-0.2, -0.15) is 0 Å². The second-order valence-corrected chi connectivity index (χ2v) is 5.61. The number of aromatic amines is 1. The van der Waals surface area contributed by atoms with Crippen LogP contribution in [-0.4, -0.2) is 22.5 Å². The predicted molar refractivity (Wildman–Crippen MR) is 76.9 cm³/mol. The topological polar surface area (TPSA) is 19.0 Å². The van der Waals surface area contributed by atoms with E-state index in [1.807, 2.05) is 0 Å². The highest BCUT2D eigenvalue weighted by Crippen LogP contribution is 2.29. The number of hydrogen-bond donors (Lipinski definition) is 1. The molecule has 0 radical (unpaired) electrons. The van der Waals surface area contributed by atoms with Gasteiger partial charge >= 0.3 is 0 Å². The molecule has 2 heterocycles. The van der Waals surface area contributed by atoms with Gasteiger partial charge in [0.05, 0.1) is 0 Å². The van der Waals surface area contributed by atoms with Gasteiger partial charge in [-0.3, -0.25) is 4.90 Å². The molecular formula is C16H22N2. The van der Waals surface area contributed by atoms with Crippen molar-refractivity contribution in [3.63, 3.8) is 0 Å². The van der Waals surface area contributed by atoms with E-state index in [1.165, 1.54) is 40.7 Å². The lowest BCUT2D eigenvalue weighted by Crippen LogP contribution is -2.37. The minimum absolute atomic E-state index is 0.688. The van der Waals surface area contributed by atoms with Crippen molar-refractivity contribution in [2.75, 3.05) is 6.54 Å². The molecule has 1 aliphatic heterocycles. The van der Waals surface area contributed by atoms with E-state index >= 15 is 0 Å². The Morgan fingerprint density at radius 1 is 1.39 bits per heavy atom. The van der Waals surface area contributed by atoms with Crippen LogP contribution in [0.5, 0.6) is 0 Å². The fourth-order valence-corrected chi connectivity index (χ4v) is 2.98. The lowest BCUT2D eigenvalue weighted by Gasteiger charge is -2.32. The molecule has 0 saturated heterocycles. The second-order valence-electron chi connectivity index (χ2n) is 5.61. The predicted octanol–water partition coefficient (Wildman–Crippen LogP) is 3.63. The van der Waals surface area contributed by atoms with Crippen LogP contribution in [0.15, 0.2) is 18.2 Å². The summed E-state index contributed by atoms with van der Waals surface area (Å²) in [4.78, 5) is 6.20. The van der Waals surface area contributed by atoms with Crippen LogP contribution in [0.25, 0.3) is 10.9 Å². The maximum atomic E-state index is 3.59. The molecule has 1 aliphatic rings. The van der Waals surface area contributed by atoms with Gasteiger partial charge in [0.25, 0.3) is 0 Å². The van der Waals surface area contributed by atoms with Crippen molar-refractivity contribution >= 4 is 10.9 Å². The van der Waals surface area contributed by atoms with Crippen LogP contribution in [0, 0.1) is 6.92 Å². The van der Waals surface area contributed by atoms with E-state index in [0.717, 1.165) is 13.0 Å². The molecule has 0 spiro atoms. The van der Waals surface area contributed by atoms with Crippen molar-refractivity contribution in [2.45, 2.75) is 46.2 Å². The summed E-state index contributed by atoms with van der Waals surface area (Å²) in [7, 11) is 0. The molecule has 1 N–H and O–H groups in total. The highest BCUT2D eigenvalue weighted by Gasteiger charge is 2.22.